The molecule has 94 valence electrons. The fourth-order valence-corrected chi connectivity index (χ4v) is 1.59. The number of amides is 1. The molecule has 0 rings (SSSR count). The average Bonchev–Trinajstić information content (AvgIpc) is 2.21. The van der Waals surface area contributed by atoms with E-state index in [1.165, 1.54) is 0 Å². The molecule has 0 spiro atoms. The van der Waals surface area contributed by atoms with E-state index >= 15 is 0 Å². The fraction of sp³-hybridized carbons (Fsp3) is 0.818. The molecule has 0 aliphatic heterocycles. The molecule has 1 atom stereocenters. The highest BCUT2D eigenvalue weighted by molar-refractivity contribution is 5.77. The van der Waals surface area contributed by atoms with Crippen LogP contribution in [0.1, 0.15) is 33.1 Å². The molecule has 0 saturated carbocycles. The number of carbonyl (C=O) groups is 2. The van der Waals surface area contributed by atoms with Crippen LogP contribution in [0.25, 0.3) is 0 Å². The maximum atomic E-state index is 10.9. The van der Waals surface area contributed by atoms with Gasteiger partial charge < -0.3 is 16.2 Å². The lowest BCUT2D eigenvalue weighted by Gasteiger charge is -2.20. The monoisotopic (exact) mass is 230 g/mol. The molecule has 4 N–H and O–H groups in total. The van der Waals surface area contributed by atoms with E-state index in [0.29, 0.717) is 24.8 Å². The van der Waals surface area contributed by atoms with Crippen molar-refractivity contribution in [2.75, 3.05) is 13.1 Å². The van der Waals surface area contributed by atoms with Crippen LogP contribution in [0.5, 0.6) is 0 Å². The summed E-state index contributed by atoms with van der Waals surface area (Å²) in [7, 11) is 0. The largest absolute Gasteiger partial charge is 0.481 e. The number of aliphatic carboxylic acids is 1. The van der Waals surface area contributed by atoms with Gasteiger partial charge in [0.2, 0.25) is 5.91 Å². The minimum Gasteiger partial charge on any atom is -0.481 e. The van der Waals surface area contributed by atoms with E-state index < -0.39 is 5.97 Å². The van der Waals surface area contributed by atoms with Gasteiger partial charge in [0.1, 0.15) is 0 Å². The van der Waals surface area contributed by atoms with E-state index in [-0.39, 0.29) is 18.9 Å². The Hall–Kier alpha value is -1.10. The minimum absolute atomic E-state index is 0.00146. The maximum Gasteiger partial charge on any atom is 0.303 e. The van der Waals surface area contributed by atoms with Crippen molar-refractivity contribution in [3.8, 4) is 0 Å². The summed E-state index contributed by atoms with van der Waals surface area (Å²) < 4.78 is 0. The number of hydrogen-bond acceptors (Lipinski definition) is 3. The second kappa shape index (κ2) is 8.10. The lowest BCUT2D eigenvalue weighted by molar-refractivity contribution is -0.137. The van der Waals surface area contributed by atoms with E-state index in [0.717, 1.165) is 6.42 Å². The molecule has 1 unspecified atom stereocenters. The van der Waals surface area contributed by atoms with Crippen molar-refractivity contribution >= 4 is 11.9 Å². The first kappa shape index (κ1) is 14.9. The zero-order valence-electron chi connectivity index (χ0n) is 10.0. The molecule has 1 amide bonds. The molecule has 0 aromatic heterocycles. The maximum absolute atomic E-state index is 10.9. The predicted octanol–water partition coefficient (Wildman–Crippen LogP) is 0.588. The Kier molecular flexibility index (Phi) is 7.54. The summed E-state index contributed by atoms with van der Waals surface area (Å²) in [5.74, 6) is -0.180. The summed E-state index contributed by atoms with van der Waals surface area (Å²) in [5.41, 5.74) is 5.16. The number of nitrogens with one attached hydrogen (secondary N) is 1. The van der Waals surface area contributed by atoms with Gasteiger partial charge in [-0.15, -0.1) is 0 Å². The Balaban J connectivity index is 3.85. The molecule has 0 bridgehead atoms. The first-order valence-electron chi connectivity index (χ1n) is 5.66. The standard InChI is InChI=1S/C11H22N2O3/c1-8(2)9(3-4-11(15)16)5-6-13-10(14)7-12/h8-9H,3-7,12H2,1-2H3,(H,13,14)(H,15,16). The highest BCUT2D eigenvalue weighted by Gasteiger charge is 2.14. The quantitative estimate of drug-likeness (QED) is 0.569. The molecular weight excluding hydrogens is 208 g/mol. The molecule has 0 aromatic carbocycles. The summed E-state index contributed by atoms with van der Waals surface area (Å²) in [6.07, 6.45) is 1.65. The number of nitrogens with two attached hydrogens (primary N) is 1. The minimum atomic E-state index is -0.767. The zero-order chi connectivity index (χ0) is 12.6. The van der Waals surface area contributed by atoms with Crippen LogP contribution in [0, 0.1) is 11.8 Å². The van der Waals surface area contributed by atoms with Crippen molar-refractivity contribution in [1.82, 2.24) is 5.32 Å². The second-order valence-corrected chi connectivity index (χ2v) is 4.28. The van der Waals surface area contributed by atoms with Gasteiger partial charge in [0, 0.05) is 13.0 Å². The smallest absolute Gasteiger partial charge is 0.303 e. The second-order valence-electron chi connectivity index (χ2n) is 4.28. The molecule has 0 radical (unpaired) electrons. The van der Waals surface area contributed by atoms with Gasteiger partial charge in [0.15, 0.2) is 0 Å². The highest BCUT2D eigenvalue weighted by atomic mass is 16.4. The molecule has 0 heterocycles. The van der Waals surface area contributed by atoms with Gasteiger partial charge in [0.25, 0.3) is 0 Å². The third-order valence-corrected chi connectivity index (χ3v) is 2.69. The summed E-state index contributed by atoms with van der Waals surface area (Å²) >= 11 is 0. The Morgan fingerprint density at radius 3 is 2.38 bits per heavy atom. The van der Waals surface area contributed by atoms with Crippen LogP contribution in [0.15, 0.2) is 0 Å². The van der Waals surface area contributed by atoms with Crippen LogP contribution in [0.3, 0.4) is 0 Å². The first-order chi connectivity index (χ1) is 7.47. The summed E-state index contributed by atoms with van der Waals surface area (Å²) in [5, 5.41) is 11.3. The van der Waals surface area contributed by atoms with Crippen LogP contribution in [-0.4, -0.2) is 30.1 Å². The zero-order valence-corrected chi connectivity index (χ0v) is 10.0. The van der Waals surface area contributed by atoms with Gasteiger partial charge >= 0.3 is 5.97 Å². The number of carbonyl (C=O) groups excluding carboxylic acids is 1. The number of hydrogen-bond donors (Lipinski definition) is 3. The Bertz CT molecular complexity index is 229. The predicted molar refractivity (Wildman–Crippen MR) is 61.9 cm³/mol. The van der Waals surface area contributed by atoms with E-state index in [1.807, 2.05) is 0 Å². The van der Waals surface area contributed by atoms with E-state index in [1.54, 1.807) is 0 Å². The van der Waals surface area contributed by atoms with Crippen molar-refractivity contribution in [2.24, 2.45) is 17.6 Å². The van der Waals surface area contributed by atoms with Crippen LogP contribution in [0.4, 0.5) is 0 Å². The molecule has 0 aromatic rings. The van der Waals surface area contributed by atoms with E-state index in [9.17, 15) is 9.59 Å². The molecule has 0 fully saturated rings. The normalized spacial score (nSPS) is 12.5. The van der Waals surface area contributed by atoms with Gasteiger partial charge in [-0.1, -0.05) is 13.8 Å². The number of carboxylic acid groups (broad SMARTS) is 1. The van der Waals surface area contributed by atoms with Crippen LogP contribution in [-0.2, 0) is 9.59 Å². The Morgan fingerprint density at radius 2 is 1.94 bits per heavy atom. The van der Waals surface area contributed by atoms with Crippen molar-refractivity contribution in [1.29, 1.82) is 0 Å². The number of rotatable bonds is 8. The van der Waals surface area contributed by atoms with Crippen LogP contribution >= 0.6 is 0 Å². The van der Waals surface area contributed by atoms with Crippen molar-refractivity contribution in [2.45, 2.75) is 33.1 Å². The van der Waals surface area contributed by atoms with Gasteiger partial charge in [-0.25, -0.2) is 0 Å². The van der Waals surface area contributed by atoms with Gasteiger partial charge in [-0.3, -0.25) is 9.59 Å². The highest BCUT2D eigenvalue weighted by Crippen LogP contribution is 2.20. The first-order valence-corrected chi connectivity index (χ1v) is 5.66. The van der Waals surface area contributed by atoms with Gasteiger partial charge in [0.05, 0.1) is 6.54 Å². The molecule has 16 heavy (non-hydrogen) atoms. The average molecular weight is 230 g/mol. The van der Waals surface area contributed by atoms with Crippen LogP contribution < -0.4 is 11.1 Å². The SMILES string of the molecule is CC(C)C(CCNC(=O)CN)CCC(=O)O. The Labute approximate surface area is 96.4 Å². The third kappa shape index (κ3) is 7.23. The van der Waals surface area contributed by atoms with Crippen molar-refractivity contribution in [3.05, 3.63) is 0 Å². The molecule has 0 aliphatic rings. The van der Waals surface area contributed by atoms with Crippen LogP contribution in [0.2, 0.25) is 0 Å². The van der Waals surface area contributed by atoms with E-state index in [4.69, 9.17) is 10.8 Å². The van der Waals surface area contributed by atoms with Gasteiger partial charge in [-0.05, 0) is 24.7 Å². The summed E-state index contributed by atoms with van der Waals surface area (Å²) in [6, 6.07) is 0. The third-order valence-electron chi connectivity index (χ3n) is 2.69. The molecule has 5 heteroatoms. The van der Waals surface area contributed by atoms with Crippen molar-refractivity contribution < 1.29 is 14.7 Å². The lowest BCUT2D eigenvalue weighted by atomic mass is 9.88. The summed E-state index contributed by atoms with van der Waals surface area (Å²) in [6.45, 7) is 4.70. The van der Waals surface area contributed by atoms with E-state index in [2.05, 4.69) is 19.2 Å². The topological polar surface area (TPSA) is 92.4 Å². The fourth-order valence-electron chi connectivity index (χ4n) is 1.59. The summed E-state index contributed by atoms with van der Waals surface area (Å²) in [4.78, 5) is 21.4. The molecule has 0 saturated heterocycles. The Morgan fingerprint density at radius 1 is 1.31 bits per heavy atom. The number of carboxylic acids is 1. The lowest BCUT2D eigenvalue weighted by Crippen LogP contribution is -2.32. The van der Waals surface area contributed by atoms with Crippen molar-refractivity contribution in [3.63, 3.8) is 0 Å². The molecular formula is C11H22N2O3. The molecule has 5 nitrogen and oxygen atoms in total. The molecule has 0 aliphatic carbocycles. The van der Waals surface area contributed by atoms with Gasteiger partial charge in [-0.2, -0.15) is 0 Å².